The highest BCUT2D eigenvalue weighted by molar-refractivity contribution is 7.16. The molecule has 1 heterocycles. The van der Waals surface area contributed by atoms with Gasteiger partial charge in [0.25, 0.3) is 0 Å². The maximum absolute atomic E-state index is 9.46. The highest BCUT2D eigenvalue weighted by Crippen LogP contribution is 2.30. The molecule has 1 N–H and O–H groups in total. The molecule has 0 spiro atoms. The molecule has 0 aliphatic carbocycles. The van der Waals surface area contributed by atoms with E-state index in [0.29, 0.717) is 0 Å². The number of hydrogen-bond donors (Lipinski definition) is 1. The van der Waals surface area contributed by atoms with Crippen LogP contribution < -0.4 is 0 Å². The molecule has 0 amide bonds. The van der Waals surface area contributed by atoms with E-state index in [9.17, 15) is 5.11 Å². The quantitative estimate of drug-likeness (QED) is 0.851. The van der Waals surface area contributed by atoms with Gasteiger partial charge in [0.2, 0.25) is 0 Å². The Bertz CT molecular complexity index is 552. The molecule has 1 atom stereocenters. The Labute approximate surface area is 116 Å². The van der Waals surface area contributed by atoms with Gasteiger partial charge in [-0.25, -0.2) is 0 Å². The van der Waals surface area contributed by atoms with Crippen LogP contribution in [0.4, 0.5) is 0 Å². The molecule has 3 heteroatoms. The van der Waals surface area contributed by atoms with Crippen LogP contribution in [0.2, 0.25) is 5.02 Å². The second kappa shape index (κ2) is 5.70. The third-order valence-electron chi connectivity index (χ3n) is 2.78. The SMILES string of the molecule is C/C(=C\c1ccc(-c2ccc(Cl)cc2)s1)C(C)O. The average molecular weight is 279 g/mol. The van der Waals surface area contributed by atoms with Gasteiger partial charge in [-0.1, -0.05) is 23.7 Å². The predicted molar refractivity (Wildman–Crippen MR) is 80.1 cm³/mol. The minimum Gasteiger partial charge on any atom is -0.389 e. The summed E-state index contributed by atoms with van der Waals surface area (Å²) in [6.45, 7) is 3.71. The molecule has 0 aliphatic rings. The van der Waals surface area contributed by atoms with E-state index in [0.717, 1.165) is 15.5 Å². The number of hydrogen-bond acceptors (Lipinski definition) is 2. The van der Waals surface area contributed by atoms with Gasteiger partial charge in [-0.2, -0.15) is 0 Å². The van der Waals surface area contributed by atoms with Crippen molar-refractivity contribution in [1.29, 1.82) is 0 Å². The second-order valence-electron chi connectivity index (χ2n) is 4.27. The van der Waals surface area contributed by atoms with Crippen LogP contribution in [-0.2, 0) is 0 Å². The largest absolute Gasteiger partial charge is 0.389 e. The average Bonchev–Trinajstić information content (AvgIpc) is 2.78. The maximum atomic E-state index is 9.46. The Morgan fingerprint density at radius 1 is 1.22 bits per heavy atom. The summed E-state index contributed by atoms with van der Waals surface area (Å²) in [6.07, 6.45) is 1.63. The molecule has 1 aromatic carbocycles. The summed E-state index contributed by atoms with van der Waals surface area (Å²) in [5.74, 6) is 0. The van der Waals surface area contributed by atoms with Crippen LogP contribution in [0, 0.1) is 0 Å². The number of halogens is 1. The van der Waals surface area contributed by atoms with Crippen molar-refractivity contribution in [1.82, 2.24) is 0 Å². The van der Waals surface area contributed by atoms with E-state index in [1.54, 1.807) is 18.3 Å². The molecule has 18 heavy (non-hydrogen) atoms. The van der Waals surface area contributed by atoms with Crippen LogP contribution in [0.15, 0.2) is 42.0 Å². The summed E-state index contributed by atoms with van der Waals surface area (Å²) in [5, 5.41) is 10.2. The van der Waals surface area contributed by atoms with E-state index in [2.05, 4.69) is 12.1 Å². The van der Waals surface area contributed by atoms with Crippen molar-refractivity contribution in [3.63, 3.8) is 0 Å². The molecule has 1 unspecified atom stereocenters. The molecule has 0 saturated carbocycles. The number of aliphatic hydroxyl groups is 1. The van der Waals surface area contributed by atoms with Crippen molar-refractivity contribution in [2.75, 3.05) is 0 Å². The molecule has 0 fully saturated rings. The molecule has 0 aliphatic heterocycles. The lowest BCUT2D eigenvalue weighted by Gasteiger charge is -2.02. The van der Waals surface area contributed by atoms with Crippen molar-refractivity contribution >= 4 is 29.0 Å². The van der Waals surface area contributed by atoms with Crippen molar-refractivity contribution in [2.45, 2.75) is 20.0 Å². The first-order chi connectivity index (χ1) is 8.56. The van der Waals surface area contributed by atoms with E-state index in [-0.39, 0.29) is 0 Å². The fraction of sp³-hybridized carbons (Fsp3) is 0.200. The van der Waals surface area contributed by atoms with E-state index in [1.165, 1.54) is 10.4 Å². The van der Waals surface area contributed by atoms with Crippen molar-refractivity contribution in [3.05, 3.63) is 51.9 Å². The highest BCUT2D eigenvalue weighted by Gasteiger charge is 2.03. The van der Waals surface area contributed by atoms with Gasteiger partial charge in [0.1, 0.15) is 0 Å². The Morgan fingerprint density at radius 2 is 1.89 bits per heavy atom. The number of rotatable bonds is 3. The molecule has 0 radical (unpaired) electrons. The Morgan fingerprint density at radius 3 is 2.50 bits per heavy atom. The van der Waals surface area contributed by atoms with Crippen molar-refractivity contribution in [3.8, 4) is 10.4 Å². The van der Waals surface area contributed by atoms with Gasteiger partial charge in [0, 0.05) is 14.8 Å². The number of aliphatic hydroxyl groups excluding tert-OH is 1. The summed E-state index contributed by atoms with van der Waals surface area (Å²) < 4.78 is 0. The van der Waals surface area contributed by atoms with Crippen LogP contribution in [0.3, 0.4) is 0 Å². The first kappa shape index (κ1) is 13.3. The zero-order chi connectivity index (χ0) is 13.1. The Hall–Kier alpha value is -1.09. The fourth-order valence-electron chi connectivity index (χ4n) is 1.54. The molecule has 1 nitrogen and oxygen atoms in total. The van der Waals surface area contributed by atoms with Gasteiger partial charge < -0.3 is 5.11 Å². The summed E-state index contributed by atoms with van der Waals surface area (Å²) >= 11 is 7.58. The van der Waals surface area contributed by atoms with Crippen LogP contribution in [0.5, 0.6) is 0 Å². The van der Waals surface area contributed by atoms with Gasteiger partial charge >= 0.3 is 0 Å². The second-order valence-corrected chi connectivity index (χ2v) is 5.83. The molecule has 2 aromatic rings. The molecular weight excluding hydrogens is 264 g/mol. The molecular formula is C15H15ClOS. The predicted octanol–water partition coefficient (Wildman–Crippen LogP) is 4.85. The van der Waals surface area contributed by atoms with E-state index >= 15 is 0 Å². The summed E-state index contributed by atoms with van der Waals surface area (Å²) in [5.41, 5.74) is 2.14. The topological polar surface area (TPSA) is 20.2 Å². The molecule has 2 rings (SSSR count). The normalized spacial score (nSPS) is 13.7. The van der Waals surface area contributed by atoms with Gasteiger partial charge in [-0.15, -0.1) is 11.3 Å². The summed E-state index contributed by atoms with van der Waals surface area (Å²) in [4.78, 5) is 2.36. The standard InChI is InChI=1S/C15H15ClOS/c1-10(11(2)17)9-14-7-8-15(18-14)12-3-5-13(16)6-4-12/h3-9,11,17H,1-2H3/b10-9+. The van der Waals surface area contributed by atoms with Gasteiger partial charge in [0.05, 0.1) is 6.10 Å². The first-order valence-electron chi connectivity index (χ1n) is 5.78. The fourth-order valence-corrected chi connectivity index (χ4v) is 2.70. The van der Waals surface area contributed by atoms with Gasteiger partial charge in [0.15, 0.2) is 0 Å². The van der Waals surface area contributed by atoms with Crippen LogP contribution >= 0.6 is 22.9 Å². The minimum absolute atomic E-state index is 0.397. The summed E-state index contributed by atoms with van der Waals surface area (Å²) in [6, 6.07) is 12.0. The van der Waals surface area contributed by atoms with Crippen molar-refractivity contribution < 1.29 is 5.11 Å². The Balaban J connectivity index is 2.25. The monoisotopic (exact) mass is 278 g/mol. The molecule has 0 bridgehead atoms. The molecule has 0 saturated heterocycles. The third kappa shape index (κ3) is 3.22. The van der Waals surface area contributed by atoms with Crippen LogP contribution in [0.1, 0.15) is 18.7 Å². The first-order valence-corrected chi connectivity index (χ1v) is 6.98. The lowest BCUT2D eigenvalue weighted by molar-refractivity contribution is 0.232. The smallest absolute Gasteiger partial charge is 0.0722 e. The lowest BCUT2D eigenvalue weighted by Crippen LogP contribution is -1.99. The third-order valence-corrected chi connectivity index (χ3v) is 4.12. The van der Waals surface area contributed by atoms with Gasteiger partial charge in [-0.05, 0) is 55.3 Å². The zero-order valence-electron chi connectivity index (χ0n) is 10.4. The van der Waals surface area contributed by atoms with E-state index in [1.807, 2.05) is 37.3 Å². The van der Waals surface area contributed by atoms with Gasteiger partial charge in [-0.3, -0.25) is 0 Å². The van der Waals surface area contributed by atoms with E-state index in [4.69, 9.17) is 11.6 Å². The number of benzene rings is 1. The lowest BCUT2D eigenvalue weighted by atomic mass is 10.1. The summed E-state index contributed by atoms with van der Waals surface area (Å²) in [7, 11) is 0. The zero-order valence-corrected chi connectivity index (χ0v) is 11.9. The molecule has 1 aromatic heterocycles. The van der Waals surface area contributed by atoms with Crippen LogP contribution in [0.25, 0.3) is 16.5 Å². The Kier molecular flexibility index (Phi) is 4.23. The molecule has 94 valence electrons. The minimum atomic E-state index is -0.397. The van der Waals surface area contributed by atoms with E-state index < -0.39 is 6.10 Å². The van der Waals surface area contributed by atoms with Crippen LogP contribution in [-0.4, -0.2) is 11.2 Å². The number of thiophene rings is 1. The maximum Gasteiger partial charge on any atom is 0.0722 e. The van der Waals surface area contributed by atoms with Crippen molar-refractivity contribution in [2.24, 2.45) is 0 Å². The highest BCUT2D eigenvalue weighted by atomic mass is 35.5.